The quantitative estimate of drug-likeness (QED) is 0.310. The van der Waals surface area contributed by atoms with Gasteiger partial charge in [0, 0.05) is 17.5 Å². The molecule has 3 N–H and O–H groups in total. The van der Waals surface area contributed by atoms with Gasteiger partial charge in [0.1, 0.15) is 11.5 Å². The molecule has 3 aromatic rings. The van der Waals surface area contributed by atoms with Gasteiger partial charge in [0.15, 0.2) is 0 Å². The van der Waals surface area contributed by atoms with Gasteiger partial charge >= 0.3 is 0 Å². The summed E-state index contributed by atoms with van der Waals surface area (Å²) >= 11 is 0. The first kappa shape index (κ1) is 26.9. The fourth-order valence-corrected chi connectivity index (χ4v) is 7.90. The van der Waals surface area contributed by atoms with Crippen LogP contribution in [-0.4, -0.2) is 40.9 Å². The summed E-state index contributed by atoms with van der Waals surface area (Å²) in [5, 5.41) is 15.0. The van der Waals surface area contributed by atoms with Crippen LogP contribution in [0.25, 0.3) is 0 Å². The number of hydrogen-bond donors (Lipinski definition) is 3. The number of phenolic OH excluding ortho intramolecular Hbond substituents is 1. The van der Waals surface area contributed by atoms with E-state index >= 15 is 0 Å². The van der Waals surface area contributed by atoms with Gasteiger partial charge in [-0.1, -0.05) is 65.7 Å². The molecule has 2 heterocycles. The van der Waals surface area contributed by atoms with Crippen LogP contribution in [0.2, 0.25) is 0 Å². The third-order valence-electron chi connectivity index (χ3n) is 9.78. The fourth-order valence-electron chi connectivity index (χ4n) is 7.90. The van der Waals surface area contributed by atoms with Gasteiger partial charge in [0.05, 0.1) is 36.0 Å². The Morgan fingerprint density at radius 3 is 2.40 bits per heavy atom. The van der Waals surface area contributed by atoms with Crippen LogP contribution in [0.4, 0.5) is 5.69 Å². The van der Waals surface area contributed by atoms with Crippen molar-refractivity contribution in [3.05, 3.63) is 101 Å². The number of amides is 4. The number of hydrazine groups is 1. The molecule has 2 aliphatic carbocycles. The largest absolute Gasteiger partial charge is 0.508 e. The first-order chi connectivity index (χ1) is 20.7. The molecule has 0 spiro atoms. The summed E-state index contributed by atoms with van der Waals surface area (Å²) in [6.07, 6.45) is 2.48. The topological polar surface area (TPSA) is 125 Å². The Hall–Kier alpha value is -4.92. The maximum absolute atomic E-state index is 15.0. The summed E-state index contributed by atoms with van der Waals surface area (Å²) in [5.74, 6) is -4.53. The Morgan fingerprint density at radius 1 is 0.953 bits per heavy atom. The van der Waals surface area contributed by atoms with Crippen molar-refractivity contribution < 1.29 is 29.0 Å². The van der Waals surface area contributed by atoms with Gasteiger partial charge in [-0.3, -0.25) is 29.9 Å². The summed E-state index contributed by atoms with van der Waals surface area (Å²) in [4.78, 5) is 55.3. The van der Waals surface area contributed by atoms with Crippen molar-refractivity contribution in [3.8, 4) is 11.5 Å². The summed E-state index contributed by atoms with van der Waals surface area (Å²) in [7, 11) is 1.50. The van der Waals surface area contributed by atoms with Gasteiger partial charge < -0.3 is 9.84 Å². The number of phenols is 1. The molecule has 218 valence electrons. The highest BCUT2D eigenvalue weighted by Gasteiger charge is 2.70. The van der Waals surface area contributed by atoms with E-state index in [2.05, 4.69) is 10.7 Å². The monoisotopic (exact) mass is 577 g/mol. The number of aryl methyl sites for hydroxylation is 1. The molecule has 4 amide bonds. The Kier molecular flexibility index (Phi) is 6.16. The van der Waals surface area contributed by atoms with E-state index in [4.69, 9.17) is 4.74 Å². The maximum atomic E-state index is 15.0. The van der Waals surface area contributed by atoms with Gasteiger partial charge in [-0.2, -0.15) is 5.01 Å². The maximum Gasteiger partial charge on any atom is 0.260 e. The number of nitrogens with zero attached hydrogens (tertiary/aromatic N) is 1. The molecular weight excluding hydrogens is 546 g/mol. The number of anilines is 1. The van der Waals surface area contributed by atoms with Crippen molar-refractivity contribution in [2.24, 2.45) is 23.7 Å². The van der Waals surface area contributed by atoms with E-state index in [1.54, 1.807) is 24.3 Å². The third-order valence-corrected chi connectivity index (χ3v) is 9.78. The van der Waals surface area contributed by atoms with Crippen LogP contribution >= 0.6 is 0 Å². The normalized spacial score (nSPS) is 29.4. The summed E-state index contributed by atoms with van der Waals surface area (Å²) in [6.45, 7) is 1.95. The van der Waals surface area contributed by atoms with Crippen molar-refractivity contribution in [2.75, 3.05) is 12.5 Å². The van der Waals surface area contributed by atoms with Crippen LogP contribution in [0.3, 0.4) is 0 Å². The number of benzene rings is 3. The molecule has 6 atom stereocenters. The van der Waals surface area contributed by atoms with Gasteiger partial charge in [-0.05, 0) is 49.4 Å². The van der Waals surface area contributed by atoms with Crippen molar-refractivity contribution in [2.45, 2.75) is 31.1 Å². The molecule has 1 saturated carbocycles. The smallest absolute Gasteiger partial charge is 0.260 e. The Labute approximate surface area is 248 Å². The van der Waals surface area contributed by atoms with Gasteiger partial charge in [-0.25, -0.2) is 0 Å². The number of carbonyl (C=O) groups is 4. The molecule has 4 aliphatic rings. The van der Waals surface area contributed by atoms with E-state index in [1.165, 1.54) is 13.2 Å². The molecule has 9 heteroatoms. The molecule has 0 aromatic heterocycles. The number of methoxy groups -OCH3 is 1. The molecule has 9 nitrogen and oxygen atoms in total. The molecule has 2 aliphatic heterocycles. The molecule has 0 bridgehead atoms. The molecule has 2 saturated heterocycles. The lowest BCUT2D eigenvalue weighted by atomic mass is 9.49. The minimum atomic E-state index is -1.43. The number of carbonyl (C=O) groups excluding carboxylic acids is 4. The number of nitrogens with one attached hydrogen (secondary N) is 2. The Morgan fingerprint density at radius 2 is 1.70 bits per heavy atom. The van der Waals surface area contributed by atoms with Crippen molar-refractivity contribution in [1.29, 1.82) is 0 Å². The third kappa shape index (κ3) is 3.84. The number of hydrogen-bond acceptors (Lipinski definition) is 7. The van der Waals surface area contributed by atoms with Crippen LogP contribution in [0.1, 0.15) is 35.4 Å². The molecule has 7 rings (SSSR count). The van der Waals surface area contributed by atoms with Crippen LogP contribution in [0, 0.1) is 30.6 Å². The minimum absolute atomic E-state index is 0.0841. The van der Waals surface area contributed by atoms with E-state index in [0.29, 0.717) is 29.0 Å². The fraction of sp³-hybridized carbons (Fsp3) is 0.294. The molecule has 43 heavy (non-hydrogen) atoms. The summed E-state index contributed by atoms with van der Waals surface area (Å²) in [6, 6.07) is 21.5. The molecule has 3 fully saturated rings. The Bertz CT molecular complexity index is 1700. The number of aromatic hydroxyl groups is 1. The second-order valence-corrected chi connectivity index (χ2v) is 11.9. The Balaban J connectivity index is 1.47. The van der Waals surface area contributed by atoms with E-state index in [1.807, 2.05) is 55.5 Å². The highest BCUT2D eigenvalue weighted by Crippen LogP contribution is 2.64. The molecule has 3 aromatic carbocycles. The lowest BCUT2D eigenvalue weighted by molar-refractivity contribution is -0.138. The standard InChI is InChI=1S/C34H31N3O6/c1-18-8-10-20(11-9-18)36-37-32(41)26-17-25-22(14-15-24-28(25)31(40)35-30(24)39)29(23-13-12-21(43-2)16-27(23)38)34(26,33(37)42)19-6-4-3-5-7-19/h3-14,16,24-26,28-29,36,38H,15,17H2,1-2H3,(H,35,39,40). The van der Waals surface area contributed by atoms with Crippen molar-refractivity contribution in [1.82, 2.24) is 10.3 Å². The zero-order valence-corrected chi connectivity index (χ0v) is 23.7. The van der Waals surface area contributed by atoms with Crippen LogP contribution in [-0.2, 0) is 24.6 Å². The number of ether oxygens (including phenoxy) is 1. The highest BCUT2D eigenvalue weighted by molar-refractivity contribution is 6.13. The SMILES string of the molecule is COc1ccc(C2C3=CCC4C(=O)NC(=O)C4C3CC3C(=O)N(Nc4ccc(C)cc4)C(=O)C32c2ccccc2)c(O)c1. The molecule has 6 unspecified atom stereocenters. The highest BCUT2D eigenvalue weighted by atomic mass is 16.5. The van der Waals surface area contributed by atoms with Crippen molar-refractivity contribution >= 4 is 29.3 Å². The van der Waals surface area contributed by atoms with E-state index in [0.717, 1.165) is 16.1 Å². The first-order valence-electron chi connectivity index (χ1n) is 14.4. The summed E-state index contributed by atoms with van der Waals surface area (Å²) in [5.41, 5.74) is 5.11. The second-order valence-electron chi connectivity index (χ2n) is 11.9. The van der Waals surface area contributed by atoms with Gasteiger partial charge in [0.2, 0.25) is 11.8 Å². The number of allylic oxidation sites excluding steroid dienone is 2. The predicted octanol–water partition coefficient (Wildman–Crippen LogP) is 3.98. The second kappa shape index (κ2) is 9.83. The lowest BCUT2D eigenvalue weighted by Crippen LogP contribution is -2.53. The van der Waals surface area contributed by atoms with Crippen LogP contribution in [0.15, 0.2) is 84.4 Å². The van der Waals surface area contributed by atoms with E-state index < -0.39 is 46.8 Å². The summed E-state index contributed by atoms with van der Waals surface area (Å²) < 4.78 is 5.35. The van der Waals surface area contributed by atoms with Crippen LogP contribution in [0.5, 0.6) is 11.5 Å². The number of fused-ring (bicyclic) bond motifs is 4. The number of imide groups is 2. The van der Waals surface area contributed by atoms with Gasteiger partial charge in [-0.15, -0.1) is 0 Å². The number of rotatable bonds is 5. The van der Waals surface area contributed by atoms with Crippen molar-refractivity contribution in [3.63, 3.8) is 0 Å². The van der Waals surface area contributed by atoms with E-state index in [9.17, 15) is 24.3 Å². The zero-order valence-electron chi connectivity index (χ0n) is 23.7. The van der Waals surface area contributed by atoms with Crippen LogP contribution < -0.4 is 15.5 Å². The average molecular weight is 578 g/mol. The predicted molar refractivity (Wildman–Crippen MR) is 157 cm³/mol. The molecular formula is C34H31N3O6. The molecule has 0 radical (unpaired) electrons. The van der Waals surface area contributed by atoms with E-state index in [-0.39, 0.29) is 24.0 Å². The minimum Gasteiger partial charge on any atom is -0.508 e. The first-order valence-corrected chi connectivity index (χ1v) is 14.4. The van der Waals surface area contributed by atoms with Gasteiger partial charge in [0.25, 0.3) is 11.8 Å². The lowest BCUT2D eigenvalue weighted by Gasteiger charge is -2.50. The zero-order chi connectivity index (χ0) is 30.0. The average Bonchev–Trinajstić information content (AvgIpc) is 3.42.